The number of nitrogens with zero attached hydrogens (tertiary/aromatic N) is 2. The lowest BCUT2D eigenvalue weighted by molar-refractivity contribution is 0.139. The lowest BCUT2D eigenvalue weighted by Crippen LogP contribution is -2.44. The fourth-order valence-electron chi connectivity index (χ4n) is 2.73. The second-order valence-electron chi connectivity index (χ2n) is 5.10. The van der Waals surface area contributed by atoms with Gasteiger partial charge in [-0.15, -0.1) is 0 Å². The molecule has 102 valence electrons. The Hall–Kier alpha value is -1.44. The van der Waals surface area contributed by atoms with E-state index in [1.807, 2.05) is 13.1 Å². The normalized spacial score (nSPS) is 20.2. The Morgan fingerprint density at radius 1 is 1.47 bits per heavy atom. The van der Waals surface area contributed by atoms with Gasteiger partial charge in [0.2, 0.25) is 0 Å². The second kappa shape index (κ2) is 6.65. The summed E-state index contributed by atoms with van der Waals surface area (Å²) in [6, 6.07) is 7.28. The summed E-state index contributed by atoms with van der Waals surface area (Å²) < 4.78 is 13.3. The summed E-state index contributed by atoms with van der Waals surface area (Å²) in [5.74, 6) is -0.434. The number of rotatable bonds is 4. The molecule has 2 rings (SSSR count). The first kappa shape index (κ1) is 14.0. The molecule has 19 heavy (non-hydrogen) atoms. The van der Waals surface area contributed by atoms with Crippen LogP contribution in [-0.2, 0) is 6.54 Å². The summed E-state index contributed by atoms with van der Waals surface area (Å²) in [5, 5.41) is 12.1. The molecule has 1 saturated heterocycles. The number of benzene rings is 1. The molecule has 0 amide bonds. The second-order valence-corrected chi connectivity index (χ2v) is 5.10. The molecule has 1 atom stereocenters. The van der Waals surface area contributed by atoms with E-state index in [1.54, 1.807) is 12.1 Å². The van der Waals surface area contributed by atoms with Crippen molar-refractivity contribution in [3.8, 4) is 6.07 Å². The molecule has 0 aromatic heterocycles. The van der Waals surface area contributed by atoms with Gasteiger partial charge in [-0.3, -0.25) is 4.90 Å². The number of likely N-dealkylation sites (tertiary alicyclic amines) is 1. The molecule has 1 aromatic carbocycles. The monoisotopic (exact) mass is 261 g/mol. The van der Waals surface area contributed by atoms with E-state index in [9.17, 15) is 4.39 Å². The van der Waals surface area contributed by atoms with Crippen LogP contribution >= 0.6 is 0 Å². The average Bonchev–Trinajstić information content (AvgIpc) is 2.43. The van der Waals surface area contributed by atoms with Crippen molar-refractivity contribution in [2.75, 3.05) is 20.1 Å². The van der Waals surface area contributed by atoms with Gasteiger partial charge in [-0.2, -0.15) is 5.26 Å². The van der Waals surface area contributed by atoms with Crippen LogP contribution in [0.2, 0.25) is 0 Å². The molecule has 0 bridgehead atoms. The third-order valence-corrected chi connectivity index (χ3v) is 3.73. The summed E-state index contributed by atoms with van der Waals surface area (Å²) in [4.78, 5) is 2.42. The first-order chi connectivity index (χ1) is 9.24. The lowest BCUT2D eigenvalue weighted by atomic mass is 10.0. The van der Waals surface area contributed by atoms with Crippen molar-refractivity contribution in [2.24, 2.45) is 0 Å². The van der Waals surface area contributed by atoms with Crippen molar-refractivity contribution in [1.29, 1.82) is 5.26 Å². The Morgan fingerprint density at radius 3 is 3.05 bits per heavy atom. The van der Waals surface area contributed by atoms with E-state index in [1.165, 1.54) is 25.3 Å². The zero-order valence-corrected chi connectivity index (χ0v) is 11.3. The molecule has 0 aliphatic carbocycles. The average molecular weight is 261 g/mol. The van der Waals surface area contributed by atoms with Crippen molar-refractivity contribution < 1.29 is 4.39 Å². The van der Waals surface area contributed by atoms with Gasteiger partial charge in [0, 0.05) is 19.1 Å². The van der Waals surface area contributed by atoms with Crippen molar-refractivity contribution in [2.45, 2.75) is 31.8 Å². The minimum atomic E-state index is -0.434. The van der Waals surface area contributed by atoms with E-state index in [-0.39, 0.29) is 5.56 Å². The fraction of sp³-hybridized carbons (Fsp3) is 0.533. The largest absolute Gasteiger partial charge is 0.318 e. The van der Waals surface area contributed by atoms with Crippen LogP contribution < -0.4 is 5.32 Å². The SMILES string of the molecule is CNCC1CCCCN1Cc1ccc(F)c(C#N)c1. The smallest absolute Gasteiger partial charge is 0.140 e. The molecule has 0 spiro atoms. The topological polar surface area (TPSA) is 39.1 Å². The molecule has 4 heteroatoms. The highest BCUT2D eigenvalue weighted by molar-refractivity contribution is 5.34. The minimum Gasteiger partial charge on any atom is -0.318 e. The molecule has 1 unspecified atom stereocenters. The minimum absolute atomic E-state index is 0.139. The number of nitrogens with one attached hydrogen (secondary N) is 1. The Kier molecular flexibility index (Phi) is 4.89. The summed E-state index contributed by atoms with van der Waals surface area (Å²) in [5.41, 5.74) is 1.15. The third kappa shape index (κ3) is 3.52. The highest BCUT2D eigenvalue weighted by Crippen LogP contribution is 2.20. The fourth-order valence-corrected chi connectivity index (χ4v) is 2.73. The van der Waals surface area contributed by atoms with E-state index >= 15 is 0 Å². The van der Waals surface area contributed by atoms with Gasteiger partial charge in [-0.05, 0) is 44.1 Å². The Balaban J connectivity index is 2.08. The van der Waals surface area contributed by atoms with Gasteiger partial charge in [-0.1, -0.05) is 12.5 Å². The number of halogens is 1. The van der Waals surface area contributed by atoms with Crippen LogP contribution in [-0.4, -0.2) is 31.1 Å². The quantitative estimate of drug-likeness (QED) is 0.903. The van der Waals surface area contributed by atoms with Crippen molar-refractivity contribution in [3.63, 3.8) is 0 Å². The summed E-state index contributed by atoms with van der Waals surface area (Å²) >= 11 is 0. The molecular weight excluding hydrogens is 241 g/mol. The van der Waals surface area contributed by atoms with Gasteiger partial charge in [0.1, 0.15) is 11.9 Å². The van der Waals surface area contributed by atoms with Gasteiger partial charge in [0.15, 0.2) is 0 Å². The Bertz CT molecular complexity index is 465. The predicted octanol–water partition coefficient (Wildman–Crippen LogP) is 2.27. The van der Waals surface area contributed by atoms with E-state index in [0.29, 0.717) is 6.04 Å². The Morgan fingerprint density at radius 2 is 2.32 bits per heavy atom. The molecule has 0 saturated carbocycles. The lowest BCUT2D eigenvalue weighted by Gasteiger charge is -2.35. The number of hydrogen-bond donors (Lipinski definition) is 1. The standard InChI is InChI=1S/C15H20FN3/c1-18-10-14-4-2-3-7-19(14)11-12-5-6-15(16)13(8-12)9-17/h5-6,8,14,18H,2-4,7,10-11H2,1H3. The molecule has 1 aromatic rings. The summed E-state index contributed by atoms with van der Waals surface area (Å²) in [6.45, 7) is 2.85. The van der Waals surface area contributed by atoms with Gasteiger partial charge < -0.3 is 5.32 Å². The van der Waals surface area contributed by atoms with Crippen molar-refractivity contribution in [1.82, 2.24) is 10.2 Å². The maximum absolute atomic E-state index is 13.3. The van der Waals surface area contributed by atoms with Gasteiger partial charge in [0.25, 0.3) is 0 Å². The number of nitriles is 1. The Labute approximate surface area is 114 Å². The molecule has 1 heterocycles. The van der Waals surface area contributed by atoms with Crippen LogP contribution in [0, 0.1) is 17.1 Å². The molecule has 1 N–H and O–H groups in total. The summed E-state index contributed by atoms with van der Waals surface area (Å²) in [7, 11) is 1.97. The highest BCUT2D eigenvalue weighted by Gasteiger charge is 2.21. The number of likely N-dealkylation sites (N-methyl/N-ethyl adjacent to an activating group) is 1. The van der Waals surface area contributed by atoms with Crippen LogP contribution in [0.25, 0.3) is 0 Å². The zero-order chi connectivity index (χ0) is 13.7. The number of piperidine rings is 1. The van der Waals surface area contributed by atoms with Crippen LogP contribution in [0.4, 0.5) is 4.39 Å². The number of hydrogen-bond acceptors (Lipinski definition) is 3. The van der Waals surface area contributed by atoms with E-state index in [4.69, 9.17) is 5.26 Å². The van der Waals surface area contributed by atoms with E-state index < -0.39 is 5.82 Å². The molecule has 1 aliphatic heterocycles. The van der Waals surface area contributed by atoms with Gasteiger partial charge in [-0.25, -0.2) is 4.39 Å². The third-order valence-electron chi connectivity index (χ3n) is 3.73. The van der Waals surface area contributed by atoms with E-state index in [0.717, 1.165) is 25.2 Å². The van der Waals surface area contributed by atoms with Crippen LogP contribution in [0.1, 0.15) is 30.4 Å². The molecule has 3 nitrogen and oxygen atoms in total. The van der Waals surface area contributed by atoms with Crippen molar-refractivity contribution >= 4 is 0 Å². The summed E-state index contributed by atoms with van der Waals surface area (Å²) in [6.07, 6.45) is 3.69. The molecule has 1 fully saturated rings. The van der Waals surface area contributed by atoms with Gasteiger partial charge >= 0.3 is 0 Å². The van der Waals surface area contributed by atoms with Gasteiger partial charge in [0.05, 0.1) is 5.56 Å². The van der Waals surface area contributed by atoms with E-state index in [2.05, 4.69) is 10.2 Å². The maximum Gasteiger partial charge on any atom is 0.140 e. The first-order valence-corrected chi connectivity index (χ1v) is 6.81. The first-order valence-electron chi connectivity index (χ1n) is 6.81. The highest BCUT2D eigenvalue weighted by atomic mass is 19.1. The zero-order valence-electron chi connectivity index (χ0n) is 11.3. The maximum atomic E-state index is 13.3. The van der Waals surface area contributed by atoms with Crippen LogP contribution in [0.15, 0.2) is 18.2 Å². The predicted molar refractivity (Wildman–Crippen MR) is 73.1 cm³/mol. The van der Waals surface area contributed by atoms with Crippen LogP contribution in [0.3, 0.4) is 0 Å². The molecular formula is C15H20FN3. The molecule has 1 aliphatic rings. The molecule has 0 radical (unpaired) electrons. The van der Waals surface area contributed by atoms with Crippen LogP contribution in [0.5, 0.6) is 0 Å². The van der Waals surface area contributed by atoms with Crippen molar-refractivity contribution in [3.05, 3.63) is 35.1 Å².